The number of ketones is 1. The van der Waals surface area contributed by atoms with Crippen LogP contribution in [0.5, 0.6) is 11.5 Å². The van der Waals surface area contributed by atoms with E-state index >= 15 is 0 Å². The molecule has 3 unspecified atom stereocenters. The van der Waals surface area contributed by atoms with Crippen molar-refractivity contribution in [2.45, 2.75) is 112 Å². The summed E-state index contributed by atoms with van der Waals surface area (Å²) in [7, 11) is 3.65. The molecule has 0 radical (unpaired) electrons. The van der Waals surface area contributed by atoms with Crippen molar-refractivity contribution in [3.05, 3.63) is 23.8 Å². The summed E-state index contributed by atoms with van der Waals surface area (Å²) in [6.45, 7) is 11.2. The molecule has 0 spiro atoms. The molecular weight excluding hydrogens is 499 g/mol. The minimum atomic E-state index is -0.879. The summed E-state index contributed by atoms with van der Waals surface area (Å²) in [5, 5.41) is 0. The zero-order valence-corrected chi connectivity index (χ0v) is 26.6. The molecule has 0 aliphatic heterocycles. The first kappa shape index (κ1) is 36.2. The molecule has 0 aliphatic carbocycles. The van der Waals surface area contributed by atoms with Crippen molar-refractivity contribution in [3.8, 4) is 11.5 Å². The lowest BCUT2D eigenvalue weighted by molar-refractivity contribution is -0.147. The summed E-state index contributed by atoms with van der Waals surface area (Å²) in [5.41, 5.74) is 0.418. The van der Waals surface area contributed by atoms with E-state index in [2.05, 4.69) is 34.6 Å². The van der Waals surface area contributed by atoms with Gasteiger partial charge in [-0.25, -0.2) is 0 Å². The molecule has 0 saturated carbocycles. The van der Waals surface area contributed by atoms with Crippen LogP contribution in [0, 0.1) is 17.3 Å². The van der Waals surface area contributed by atoms with Crippen LogP contribution in [0.25, 0.3) is 0 Å². The Balaban J connectivity index is 0.00000667. The van der Waals surface area contributed by atoms with E-state index in [1.54, 1.807) is 18.2 Å². The Kier molecular flexibility index (Phi) is 20.1. The molecule has 1 aromatic carbocycles. The number of unbranched alkanes of at least 4 members (excludes halogenated alkanes) is 9. The average molecular weight is 555 g/mol. The minimum absolute atomic E-state index is 0.106. The van der Waals surface area contributed by atoms with Crippen molar-refractivity contribution in [1.82, 2.24) is 0 Å². The molecule has 0 saturated heterocycles. The van der Waals surface area contributed by atoms with Crippen molar-refractivity contribution in [2.75, 3.05) is 20.8 Å². The summed E-state index contributed by atoms with van der Waals surface area (Å²) < 4.78 is 24.8. The second-order valence-corrected chi connectivity index (χ2v) is 11.4. The predicted molar refractivity (Wildman–Crippen MR) is 160 cm³/mol. The second kappa shape index (κ2) is 21.1. The van der Waals surface area contributed by atoms with Crippen LogP contribution in [0.3, 0.4) is 0 Å². The van der Waals surface area contributed by atoms with Crippen LogP contribution < -0.4 is 9.47 Å². The van der Waals surface area contributed by atoms with Gasteiger partial charge in [0, 0.05) is 0 Å². The van der Waals surface area contributed by atoms with Gasteiger partial charge in [-0.15, -0.1) is 0 Å². The number of esters is 1. The van der Waals surface area contributed by atoms with Gasteiger partial charge in [-0.3, -0.25) is 9.59 Å². The lowest BCUT2D eigenvalue weighted by Crippen LogP contribution is -2.30. The molecule has 0 aliphatic rings. The lowest BCUT2D eigenvalue weighted by atomic mass is 9.80. The van der Waals surface area contributed by atoms with Gasteiger partial charge < -0.3 is 18.8 Å². The van der Waals surface area contributed by atoms with Crippen molar-refractivity contribution in [1.29, 1.82) is 0 Å². The highest BCUT2D eigenvalue weighted by Gasteiger charge is 2.35. The van der Waals surface area contributed by atoms with E-state index in [1.165, 1.54) is 59.2 Å². The Morgan fingerprint density at radius 2 is 1.32 bits per heavy atom. The van der Waals surface area contributed by atoms with E-state index < -0.39 is 11.9 Å². The minimum Gasteiger partial charge on any atom is -0.496 e. The normalized spacial score (nSPS) is 12.7. The van der Waals surface area contributed by atoms with E-state index in [9.17, 15) is 9.59 Å². The highest BCUT2D eigenvalue weighted by atomic mass is 31.0. The third-order valence-electron chi connectivity index (χ3n) is 6.62. The zero-order chi connectivity index (χ0) is 29.0. The fourth-order valence-electron chi connectivity index (χ4n) is 4.97. The number of methoxy groups -OCH3 is 2. The number of carbonyl (C=O) groups excluding carboxylic acids is 2. The molecule has 0 amide bonds. The van der Waals surface area contributed by atoms with E-state index in [4.69, 9.17) is 18.8 Å². The number of rotatable bonds is 19. The van der Waals surface area contributed by atoms with Crippen LogP contribution in [-0.2, 0) is 14.1 Å². The summed E-state index contributed by atoms with van der Waals surface area (Å²) in [4.78, 5) is 26.9. The maximum absolute atomic E-state index is 13.7. The number of hydrogen-bond acceptors (Lipinski definition) is 6. The van der Waals surface area contributed by atoms with Crippen LogP contribution in [-0.4, -0.2) is 32.6 Å². The van der Waals surface area contributed by atoms with Crippen LogP contribution in [0.1, 0.15) is 122 Å². The van der Waals surface area contributed by atoms with Crippen LogP contribution in [0.4, 0.5) is 0 Å². The summed E-state index contributed by atoms with van der Waals surface area (Å²) in [6, 6.07) is 5.22. The maximum atomic E-state index is 13.7. The van der Waals surface area contributed by atoms with E-state index in [0.29, 0.717) is 39.2 Å². The molecule has 220 valence electrons. The van der Waals surface area contributed by atoms with Gasteiger partial charge >= 0.3 is 5.97 Å². The van der Waals surface area contributed by atoms with Gasteiger partial charge in [0.2, 0.25) is 0 Å². The summed E-state index contributed by atoms with van der Waals surface area (Å²) in [6.07, 6.45) is 13.5. The van der Waals surface area contributed by atoms with Crippen LogP contribution >= 0.6 is 9.12 Å². The Labute approximate surface area is 234 Å². The average Bonchev–Trinajstić information content (AvgIpc) is 2.89. The molecule has 0 N–H and O–H groups in total. The smallest absolute Gasteiger partial charge is 0.316 e. The molecule has 3 atom stereocenters. The Bertz CT molecular complexity index is 767. The van der Waals surface area contributed by atoms with E-state index in [0.717, 1.165) is 25.7 Å². The summed E-state index contributed by atoms with van der Waals surface area (Å²) >= 11 is 0. The van der Waals surface area contributed by atoms with Crippen molar-refractivity contribution < 1.29 is 28.4 Å². The third kappa shape index (κ3) is 15.0. The Morgan fingerprint density at radius 3 is 1.76 bits per heavy atom. The van der Waals surface area contributed by atoms with Crippen LogP contribution in [0.2, 0.25) is 0 Å². The topological polar surface area (TPSA) is 78.9 Å². The number of benzene rings is 1. The molecule has 6 nitrogen and oxygen atoms in total. The van der Waals surface area contributed by atoms with Crippen molar-refractivity contribution >= 4 is 20.9 Å². The Hall–Kier alpha value is -1.81. The second-order valence-electron chi connectivity index (χ2n) is 11.4. The molecule has 7 heteroatoms. The van der Waals surface area contributed by atoms with Crippen LogP contribution in [0.15, 0.2) is 18.2 Å². The standard InChI is InChI=1S/C31H52O5.H3OP/c1-8-9-10-11-12-13-14-15-16-17-21-36-30(33)25(22-24(2)23-31(3,4)5)29(32)28-26(34-6)19-18-20-27(28)35-7;1-2/h18-20,24-25H,8-17,21-23H2,1-7H3;2H3. The highest BCUT2D eigenvalue weighted by Crippen LogP contribution is 2.35. The monoisotopic (exact) mass is 554 g/mol. The summed E-state index contributed by atoms with van der Waals surface area (Å²) in [5.74, 6) is -0.603. The molecule has 38 heavy (non-hydrogen) atoms. The first-order chi connectivity index (χ1) is 18.1. The molecule has 1 aromatic rings. The van der Waals surface area contributed by atoms with Gasteiger partial charge in [-0.05, 0) is 42.7 Å². The van der Waals surface area contributed by atoms with Gasteiger partial charge in [0.1, 0.15) is 23.0 Å². The quantitative estimate of drug-likeness (QED) is 0.0562. The molecule has 0 bridgehead atoms. The number of ether oxygens (including phenoxy) is 3. The first-order valence-corrected chi connectivity index (χ1v) is 14.9. The van der Waals surface area contributed by atoms with E-state index in [1.807, 2.05) is 0 Å². The number of carbonyl (C=O) groups is 2. The largest absolute Gasteiger partial charge is 0.496 e. The zero-order valence-electron chi connectivity index (χ0n) is 25.2. The number of Topliss-reactive ketones (excluding diaryl/α,β-unsaturated/α-hetero) is 1. The maximum Gasteiger partial charge on any atom is 0.316 e. The molecule has 0 aromatic heterocycles. The third-order valence-corrected chi connectivity index (χ3v) is 6.62. The molecular formula is C31H55O6P. The molecule has 0 fully saturated rings. The lowest BCUT2D eigenvalue weighted by Gasteiger charge is -2.26. The molecule has 1 rings (SSSR count). The van der Waals surface area contributed by atoms with E-state index in [-0.39, 0.29) is 17.1 Å². The SMILES string of the molecule is CCCCCCCCCCCCOC(=O)C(CC(C)CC(C)(C)C)C(=O)c1c(OC)cccc1OC.O=[PH3]. The molecule has 0 heterocycles. The van der Waals surface area contributed by atoms with Gasteiger partial charge in [0.15, 0.2) is 5.78 Å². The van der Waals surface area contributed by atoms with Crippen molar-refractivity contribution in [3.63, 3.8) is 0 Å². The fraction of sp³-hybridized carbons (Fsp3) is 0.742. The predicted octanol–water partition coefficient (Wildman–Crippen LogP) is 8.37. The van der Waals surface area contributed by atoms with Gasteiger partial charge in [-0.2, -0.15) is 0 Å². The van der Waals surface area contributed by atoms with Crippen molar-refractivity contribution in [2.24, 2.45) is 17.3 Å². The first-order valence-electron chi connectivity index (χ1n) is 14.3. The van der Waals surface area contributed by atoms with Gasteiger partial charge in [0.25, 0.3) is 0 Å². The fourth-order valence-corrected chi connectivity index (χ4v) is 4.97. The Morgan fingerprint density at radius 1 is 0.842 bits per heavy atom. The number of hydrogen-bond donors (Lipinski definition) is 0. The van der Waals surface area contributed by atoms with Gasteiger partial charge in [0.05, 0.1) is 29.9 Å². The highest BCUT2D eigenvalue weighted by molar-refractivity contribution is 7.00. The van der Waals surface area contributed by atoms with Gasteiger partial charge in [-0.1, -0.05) is 98.5 Å².